The molecule has 1 N–H and O–H groups in total. The molecule has 0 aliphatic carbocycles. The molecule has 0 saturated carbocycles. The van der Waals surface area contributed by atoms with Crippen LogP contribution >= 0.6 is 11.3 Å². The van der Waals surface area contributed by atoms with Gasteiger partial charge in [0.1, 0.15) is 10.0 Å². The van der Waals surface area contributed by atoms with Crippen molar-refractivity contribution in [1.82, 2.24) is 20.4 Å². The Bertz CT molecular complexity index is 873. The van der Waals surface area contributed by atoms with Crippen LogP contribution in [0.25, 0.3) is 10.6 Å². The van der Waals surface area contributed by atoms with Crippen molar-refractivity contribution < 1.29 is 4.79 Å². The first-order chi connectivity index (χ1) is 13.3. The van der Waals surface area contributed by atoms with E-state index in [9.17, 15) is 4.79 Å². The van der Waals surface area contributed by atoms with Crippen molar-refractivity contribution >= 4 is 17.2 Å². The smallest absolute Gasteiger partial charge is 0.251 e. The van der Waals surface area contributed by atoms with Crippen molar-refractivity contribution in [2.75, 3.05) is 13.1 Å². The van der Waals surface area contributed by atoms with E-state index < -0.39 is 0 Å². The third-order valence-electron chi connectivity index (χ3n) is 4.81. The Morgan fingerprint density at radius 3 is 2.37 bits per heavy atom. The number of likely N-dealkylation sites (tertiary alicyclic amines) is 1. The van der Waals surface area contributed by atoms with E-state index in [4.69, 9.17) is 0 Å². The fourth-order valence-electron chi connectivity index (χ4n) is 3.30. The highest BCUT2D eigenvalue weighted by atomic mass is 32.1. The molecular weight excluding hydrogens is 356 g/mol. The molecule has 1 fully saturated rings. The Hall–Kier alpha value is -2.57. The van der Waals surface area contributed by atoms with Gasteiger partial charge in [-0.15, -0.1) is 10.2 Å². The van der Waals surface area contributed by atoms with E-state index >= 15 is 0 Å². The van der Waals surface area contributed by atoms with Crippen LogP contribution in [0, 0.1) is 0 Å². The van der Waals surface area contributed by atoms with E-state index in [0.717, 1.165) is 53.6 Å². The average Bonchev–Trinajstić information content (AvgIpc) is 3.19. The molecule has 1 aromatic heterocycles. The van der Waals surface area contributed by atoms with Crippen molar-refractivity contribution in [2.45, 2.75) is 25.4 Å². The number of carbonyl (C=O) groups excluding carboxylic acids is 1. The summed E-state index contributed by atoms with van der Waals surface area (Å²) >= 11 is 1.65. The van der Waals surface area contributed by atoms with Crippen LogP contribution in [-0.4, -0.2) is 40.1 Å². The summed E-state index contributed by atoms with van der Waals surface area (Å²) in [5.74, 6) is 0.0191. The second kappa shape index (κ2) is 8.41. The Kier molecular flexibility index (Phi) is 5.55. The molecule has 1 aliphatic heterocycles. The van der Waals surface area contributed by atoms with Gasteiger partial charge in [0.05, 0.1) is 6.54 Å². The molecule has 6 heteroatoms. The second-order valence-corrected chi connectivity index (χ2v) is 7.82. The lowest BCUT2D eigenvalue weighted by Gasteiger charge is -2.31. The average molecular weight is 379 g/mol. The van der Waals surface area contributed by atoms with Crippen LogP contribution in [0.2, 0.25) is 0 Å². The van der Waals surface area contributed by atoms with Crippen LogP contribution in [0.5, 0.6) is 0 Å². The number of hydrogen-bond donors (Lipinski definition) is 1. The van der Waals surface area contributed by atoms with Crippen LogP contribution in [0.1, 0.15) is 28.2 Å². The molecule has 1 amide bonds. The van der Waals surface area contributed by atoms with Crippen LogP contribution in [0.3, 0.4) is 0 Å². The topological polar surface area (TPSA) is 58.1 Å². The molecule has 1 saturated heterocycles. The molecular formula is C21H22N4OS. The van der Waals surface area contributed by atoms with Crippen molar-refractivity contribution in [3.63, 3.8) is 0 Å². The SMILES string of the molecule is O=C(NC1CCN(Cc2nnc(-c3ccccc3)s2)CC1)c1ccccc1. The predicted molar refractivity (Wildman–Crippen MR) is 108 cm³/mol. The lowest BCUT2D eigenvalue weighted by Crippen LogP contribution is -2.44. The van der Waals surface area contributed by atoms with E-state index in [0.29, 0.717) is 0 Å². The minimum Gasteiger partial charge on any atom is -0.349 e. The summed E-state index contributed by atoms with van der Waals surface area (Å²) in [6.45, 7) is 2.74. The summed E-state index contributed by atoms with van der Waals surface area (Å²) in [6, 6.07) is 19.8. The Morgan fingerprint density at radius 1 is 1.00 bits per heavy atom. The van der Waals surface area contributed by atoms with Crippen molar-refractivity contribution in [2.24, 2.45) is 0 Å². The summed E-state index contributed by atoms with van der Waals surface area (Å²) in [5, 5.41) is 13.8. The van der Waals surface area contributed by atoms with E-state index in [1.807, 2.05) is 48.5 Å². The first-order valence-electron chi connectivity index (χ1n) is 9.24. The highest BCUT2D eigenvalue weighted by molar-refractivity contribution is 7.14. The van der Waals surface area contributed by atoms with Crippen LogP contribution in [0.15, 0.2) is 60.7 Å². The lowest BCUT2D eigenvalue weighted by atomic mass is 10.0. The normalized spacial score (nSPS) is 15.6. The number of nitrogens with one attached hydrogen (secondary N) is 1. The van der Waals surface area contributed by atoms with Crippen LogP contribution < -0.4 is 5.32 Å². The van der Waals surface area contributed by atoms with Crippen molar-refractivity contribution in [3.8, 4) is 10.6 Å². The highest BCUT2D eigenvalue weighted by Gasteiger charge is 2.22. The maximum atomic E-state index is 12.3. The molecule has 4 rings (SSSR count). The van der Waals surface area contributed by atoms with Gasteiger partial charge in [-0.05, 0) is 25.0 Å². The fourth-order valence-corrected chi connectivity index (χ4v) is 4.19. The van der Waals surface area contributed by atoms with Gasteiger partial charge in [0, 0.05) is 30.3 Å². The van der Waals surface area contributed by atoms with E-state index in [2.05, 4.69) is 32.5 Å². The number of carbonyl (C=O) groups is 1. The third kappa shape index (κ3) is 4.59. The van der Waals surface area contributed by atoms with Crippen LogP contribution in [-0.2, 0) is 6.54 Å². The number of amides is 1. The molecule has 27 heavy (non-hydrogen) atoms. The third-order valence-corrected chi connectivity index (χ3v) is 5.76. The van der Waals surface area contributed by atoms with Gasteiger partial charge in [0.15, 0.2) is 0 Å². The zero-order chi connectivity index (χ0) is 18.5. The predicted octanol–water partition coefficient (Wildman–Crippen LogP) is 3.60. The Labute approximate surface area is 163 Å². The molecule has 2 heterocycles. The second-order valence-electron chi connectivity index (χ2n) is 6.76. The van der Waals surface area contributed by atoms with E-state index in [-0.39, 0.29) is 11.9 Å². The molecule has 0 bridgehead atoms. The first kappa shape index (κ1) is 17.8. The molecule has 0 unspecified atom stereocenters. The largest absolute Gasteiger partial charge is 0.349 e. The summed E-state index contributed by atoms with van der Waals surface area (Å²) in [7, 11) is 0. The summed E-state index contributed by atoms with van der Waals surface area (Å²) in [4.78, 5) is 14.7. The number of rotatable bonds is 5. The summed E-state index contributed by atoms with van der Waals surface area (Å²) in [5.41, 5.74) is 1.84. The fraction of sp³-hybridized carbons (Fsp3) is 0.286. The number of hydrogen-bond acceptors (Lipinski definition) is 5. The molecule has 0 spiro atoms. The van der Waals surface area contributed by atoms with Gasteiger partial charge in [-0.3, -0.25) is 9.69 Å². The van der Waals surface area contributed by atoms with Gasteiger partial charge in [0.25, 0.3) is 5.91 Å². The van der Waals surface area contributed by atoms with Crippen molar-refractivity contribution in [3.05, 3.63) is 71.2 Å². The minimum atomic E-state index is 0.0191. The molecule has 1 aliphatic rings. The maximum absolute atomic E-state index is 12.3. The number of benzene rings is 2. The van der Waals surface area contributed by atoms with Gasteiger partial charge in [-0.1, -0.05) is 59.9 Å². The number of piperidine rings is 1. The highest BCUT2D eigenvalue weighted by Crippen LogP contribution is 2.24. The zero-order valence-electron chi connectivity index (χ0n) is 15.0. The van der Waals surface area contributed by atoms with Gasteiger partial charge in [-0.25, -0.2) is 0 Å². The van der Waals surface area contributed by atoms with Crippen molar-refractivity contribution in [1.29, 1.82) is 0 Å². The van der Waals surface area contributed by atoms with E-state index in [1.165, 1.54) is 0 Å². The first-order valence-corrected chi connectivity index (χ1v) is 10.1. The maximum Gasteiger partial charge on any atom is 0.251 e. The summed E-state index contributed by atoms with van der Waals surface area (Å²) < 4.78 is 0. The molecule has 5 nitrogen and oxygen atoms in total. The Balaban J connectivity index is 1.27. The quantitative estimate of drug-likeness (QED) is 0.737. The number of aromatic nitrogens is 2. The molecule has 2 aromatic carbocycles. The molecule has 138 valence electrons. The Morgan fingerprint density at radius 2 is 1.67 bits per heavy atom. The lowest BCUT2D eigenvalue weighted by molar-refractivity contribution is 0.0909. The standard InChI is InChI=1S/C21H22N4OS/c26-20(16-7-3-1-4-8-16)22-18-11-13-25(14-12-18)15-19-23-24-21(27-19)17-9-5-2-6-10-17/h1-10,18H,11-15H2,(H,22,26). The minimum absolute atomic E-state index is 0.0191. The van der Waals surface area contributed by atoms with Crippen LogP contribution in [0.4, 0.5) is 0 Å². The molecule has 0 atom stereocenters. The van der Waals surface area contributed by atoms with Gasteiger partial charge in [0.2, 0.25) is 0 Å². The van der Waals surface area contributed by atoms with Gasteiger partial charge >= 0.3 is 0 Å². The molecule has 3 aromatic rings. The number of nitrogens with zero attached hydrogens (tertiary/aromatic N) is 3. The van der Waals surface area contributed by atoms with Gasteiger partial charge in [-0.2, -0.15) is 0 Å². The van der Waals surface area contributed by atoms with Gasteiger partial charge < -0.3 is 5.32 Å². The van der Waals surface area contributed by atoms with E-state index in [1.54, 1.807) is 11.3 Å². The molecule has 0 radical (unpaired) electrons. The summed E-state index contributed by atoms with van der Waals surface area (Å²) in [6.07, 6.45) is 1.92. The monoisotopic (exact) mass is 378 g/mol. The zero-order valence-corrected chi connectivity index (χ0v) is 15.9.